The molecule has 1 aromatic carbocycles. The van der Waals surface area contributed by atoms with E-state index in [9.17, 15) is 12.8 Å². The molecule has 1 aliphatic heterocycles. The first kappa shape index (κ1) is 16.2. The van der Waals surface area contributed by atoms with Gasteiger partial charge < -0.3 is 4.84 Å². The summed E-state index contributed by atoms with van der Waals surface area (Å²) in [5.74, 6) is -1.08. The molecule has 0 amide bonds. The smallest absolute Gasteiger partial charge is 0.216 e. The molecular weight excluding hydrogens is 319 g/mol. The van der Waals surface area contributed by atoms with E-state index in [0.717, 1.165) is 18.2 Å². The predicted octanol–water partition coefficient (Wildman–Crippen LogP) is 2.45. The molecule has 1 N–H and O–H groups in total. The lowest BCUT2D eigenvalue weighted by Crippen LogP contribution is -2.33. The number of oxime groups is 1. The molecule has 0 fully saturated rings. The van der Waals surface area contributed by atoms with Crippen molar-refractivity contribution in [3.63, 3.8) is 0 Å². The molecule has 1 atom stereocenters. The van der Waals surface area contributed by atoms with Gasteiger partial charge in [-0.25, -0.2) is 17.5 Å². The first-order valence-electron chi connectivity index (χ1n) is 6.52. The second-order valence-corrected chi connectivity index (χ2v) is 7.03. The van der Waals surface area contributed by atoms with Crippen LogP contribution in [0.3, 0.4) is 0 Å². The molecule has 0 aromatic heterocycles. The predicted molar refractivity (Wildman–Crippen MR) is 79.3 cm³/mol. The van der Waals surface area contributed by atoms with Crippen LogP contribution in [0.25, 0.3) is 0 Å². The standard InChI is InChI=1S/C13H16ClFN2O3S/c1-2-11-6-12(20-17-11)7-16-21(18,19)8-9-3-4-10(14)5-13(9)15/h3-5,12,16H,2,6-8H2,1H3. The van der Waals surface area contributed by atoms with E-state index in [4.69, 9.17) is 16.4 Å². The Balaban J connectivity index is 1.91. The van der Waals surface area contributed by atoms with Crippen molar-refractivity contribution < 1.29 is 17.6 Å². The maximum absolute atomic E-state index is 13.6. The highest BCUT2D eigenvalue weighted by atomic mass is 35.5. The van der Waals surface area contributed by atoms with Gasteiger partial charge in [0.25, 0.3) is 0 Å². The average molecular weight is 335 g/mol. The van der Waals surface area contributed by atoms with Crippen molar-refractivity contribution >= 4 is 27.3 Å². The number of hydrogen-bond acceptors (Lipinski definition) is 4. The van der Waals surface area contributed by atoms with Gasteiger partial charge in [-0.2, -0.15) is 0 Å². The van der Waals surface area contributed by atoms with Gasteiger partial charge in [0, 0.05) is 17.0 Å². The molecular formula is C13H16ClFN2O3S. The fourth-order valence-electron chi connectivity index (χ4n) is 1.92. The Morgan fingerprint density at radius 3 is 2.90 bits per heavy atom. The van der Waals surface area contributed by atoms with Crippen molar-refractivity contribution in [1.29, 1.82) is 0 Å². The third-order valence-corrected chi connectivity index (χ3v) is 4.63. The van der Waals surface area contributed by atoms with Crippen LogP contribution in [0.4, 0.5) is 4.39 Å². The van der Waals surface area contributed by atoms with Crippen LogP contribution in [0.1, 0.15) is 25.3 Å². The topological polar surface area (TPSA) is 67.8 Å². The first-order valence-corrected chi connectivity index (χ1v) is 8.55. The lowest BCUT2D eigenvalue weighted by molar-refractivity contribution is 0.0891. The molecule has 0 spiro atoms. The molecule has 0 bridgehead atoms. The lowest BCUT2D eigenvalue weighted by atomic mass is 10.1. The van der Waals surface area contributed by atoms with Gasteiger partial charge in [-0.15, -0.1) is 0 Å². The number of nitrogens with zero attached hydrogens (tertiary/aromatic N) is 1. The lowest BCUT2D eigenvalue weighted by Gasteiger charge is -2.11. The maximum atomic E-state index is 13.6. The number of hydrogen-bond donors (Lipinski definition) is 1. The highest BCUT2D eigenvalue weighted by Gasteiger charge is 2.22. The quantitative estimate of drug-likeness (QED) is 0.869. The summed E-state index contributed by atoms with van der Waals surface area (Å²) in [5.41, 5.74) is 0.979. The van der Waals surface area contributed by atoms with E-state index < -0.39 is 21.6 Å². The van der Waals surface area contributed by atoms with Gasteiger partial charge in [-0.3, -0.25) is 0 Å². The number of benzene rings is 1. The summed E-state index contributed by atoms with van der Waals surface area (Å²) in [6.07, 6.45) is 1.08. The molecule has 0 saturated heterocycles. The molecule has 2 rings (SSSR count). The minimum absolute atomic E-state index is 0.0738. The van der Waals surface area contributed by atoms with Crippen molar-refractivity contribution in [3.05, 3.63) is 34.6 Å². The molecule has 21 heavy (non-hydrogen) atoms. The number of nitrogens with one attached hydrogen (secondary N) is 1. The zero-order valence-corrected chi connectivity index (χ0v) is 13.0. The van der Waals surface area contributed by atoms with Gasteiger partial charge in [0.15, 0.2) is 0 Å². The molecule has 1 aliphatic rings. The van der Waals surface area contributed by atoms with Crippen LogP contribution in [0.2, 0.25) is 5.02 Å². The summed E-state index contributed by atoms with van der Waals surface area (Å²) < 4.78 is 39.9. The zero-order valence-electron chi connectivity index (χ0n) is 11.5. The third-order valence-electron chi connectivity index (χ3n) is 3.09. The fraction of sp³-hybridized carbons (Fsp3) is 0.462. The molecule has 0 radical (unpaired) electrons. The van der Waals surface area contributed by atoms with E-state index >= 15 is 0 Å². The van der Waals surface area contributed by atoms with Crippen LogP contribution in [0.15, 0.2) is 23.4 Å². The Kier molecular flexibility index (Phi) is 5.18. The van der Waals surface area contributed by atoms with Gasteiger partial charge in [0.2, 0.25) is 10.0 Å². The molecule has 1 unspecified atom stereocenters. The zero-order chi connectivity index (χ0) is 15.5. The maximum Gasteiger partial charge on any atom is 0.216 e. The van der Waals surface area contributed by atoms with Gasteiger partial charge in [-0.05, 0) is 18.6 Å². The highest BCUT2D eigenvalue weighted by molar-refractivity contribution is 7.88. The second kappa shape index (κ2) is 6.72. The number of halogens is 2. The van der Waals surface area contributed by atoms with Gasteiger partial charge in [0.05, 0.1) is 18.0 Å². The Bertz CT molecular complexity index is 649. The summed E-state index contributed by atoms with van der Waals surface area (Å²) >= 11 is 5.63. The average Bonchev–Trinajstić information content (AvgIpc) is 2.88. The van der Waals surface area contributed by atoms with Crippen molar-refractivity contribution in [2.45, 2.75) is 31.6 Å². The van der Waals surface area contributed by atoms with E-state index in [1.165, 1.54) is 12.1 Å². The second-order valence-electron chi connectivity index (χ2n) is 4.79. The Labute approximate surface area is 128 Å². The monoisotopic (exact) mass is 334 g/mol. The fourth-order valence-corrected chi connectivity index (χ4v) is 3.26. The van der Waals surface area contributed by atoms with E-state index in [1.807, 2.05) is 6.92 Å². The van der Waals surface area contributed by atoms with Crippen LogP contribution in [-0.4, -0.2) is 26.8 Å². The van der Waals surface area contributed by atoms with Gasteiger partial charge in [-0.1, -0.05) is 29.7 Å². The van der Waals surface area contributed by atoms with Crippen LogP contribution < -0.4 is 4.72 Å². The van der Waals surface area contributed by atoms with Crippen molar-refractivity contribution in [2.24, 2.45) is 5.16 Å². The van der Waals surface area contributed by atoms with E-state index in [0.29, 0.717) is 6.42 Å². The van der Waals surface area contributed by atoms with E-state index in [1.54, 1.807) is 0 Å². The molecule has 8 heteroatoms. The SMILES string of the molecule is CCC1=NOC(CNS(=O)(=O)Cc2ccc(Cl)cc2F)C1. The van der Waals surface area contributed by atoms with Crippen molar-refractivity contribution in [1.82, 2.24) is 4.72 Å². The Hall–Kier alpha value is -1.18. The number of rotatable bonds is 6. The highest BCUT2D eigenvalue weighted by Crippen LogP contribution is 2.17. The van der Waals surface area contributed by atoms with Crippen molar-refractivity contribution in [2.75, 3.05) is 6.54 Å². The van der Waals surface area contributed by atoms with Gasteiger partial charge >= 0.3 is 0 Å². The molecule has 0 aliphatic carbocycles. The molecule has 5 nitrogen and oxygen atoms in total. The first-order chi connectivity index (χ1) is 9.89. The minimum Gasteiger partial charge on any atom is -0.391 e. The van der Waals surface area contributed by atoms with Crippen molar-refractivity contribution in [3.8, 4) is 0 Å². The van der Waals surface area contributed by atoms with E-state index in [-0.39, 0.29) is 23.2 Å². The molecule has 1 aromatic rings. The van der Waals surface area contributed by atoms with E-state index in [2.05, 4.69) is 9.88 Å². The summed E-state index contributed by atoms with van der Waals surface area (Å²) in [6, 6.07) is 3.91. The largest absolute Gasteiger partial charge is 0.391 e. The normalized spacial score (nSPS) is 18.4. The summed E-state index contributed by atoms with van der Waals surface area (Å²) in [5, 5.41) is 4.08. The molecule has 0 saturated carbocycles. The van der Waals surface area contributed by atoms with Gasteiger partial charge in [0.1, 0.15) is 11.9 Å². The van der Waals surface area contributed by atoms with Crippen LogP contribution in [0, 0.1) is 5.82 Å². The Morgan fingerprint density at radius 2 is 2.29 bits per heavy atom. The van der Waals surface area contributed by atoms with Crippen LogP contribution in [0.5, 0.6) is 0 Å². The molecule has 116 valence electrons. The third kappa shape index (κ3) is 4.66. The number of sulfonamides is 1. The summed E-state index contributed by atoms with van der Waals surface area (Å²) in [4.78, 5) is 5.11. The van der Waals surface area contributed by atoms with Crippen LogP contribution >= 0.6 is 11.6 Å². The van der Waals surface area contributed by atoms with Crippen LogP contribution in [-0.2, 0) is 20.6 Å². The summed E-state index contributed by atoms with van der Waals surface area (Å²) in [6.45, 7) is 2.07. The molecule has 1 heterocycles. The summed E-state index contributed by atoms with van der Waals surface area (Å²) in [7, 11) is -3.65. The minimum atomic E-state index is -3.65. The Morgan fingerprint density at radius 1 is 1.52 bits per heavy atom.